The molecular weight excluding hydrogens is 167 g/mol. The lowest BCUT2D eigenvalue weighted by molar-refractivity contribution is 0.629. The van der Waals surface area contributed by atoms with E-state index in [4.69, 9.17) is 0 Å². The maximum atomic E-state index is 13.2. The quantitative estimate of drug-likeness (QED) is 0.659. The van der Waals surface area contributed by atoms with Gasteiger partial charge in [-0.2, -0.15) is 0 Å². The molecule has 3 heteroatoms. The summed E-state index contributed by atoms with van der Waals surface area (Å²) >= 11 is 0. The maximum absolute atomic E-state index is 13.2. The highest BCUT2D eigenvalue weighted by Crippen LogP contribution is 2.16. The molecule has 0 unspecified atom stereocenters. The van der Waals surface area contributed by atoms with Gasteiger partial charge in [0.25, 0.3) is 0 Å². The zero-order valence-electron chi connectivity index (χ0n) is 6.74. The molecule has 1 heterocycles. The summed E-state index contributed by atoms with van der Waals surface area (Å²) in [5.74, 6) is 0.00861. The minimum absolute atomic E-state index is 0.308. The van der Waals surface area contributed by atoms with Crippen molar-refractivity contribution in [1.29, 1.82) is 0 Å². The highest BCUT2D eigenvalue weighted by Gasteiger charge is 2.04. The Morgan fingerprint density at radius 3 is 2.62 bits per heavy atom. The Hall–Kier alpha value is -1.77. The van der Waals surface area contributed by atoms with Crippen LogP contribution in [0.25, 0.3) is 11.4 Å². The molecule has 0 atom stereocenters. The van der Waals surface area contributed by atoms with Gasteiger partial charge in [0.15, 0.2) is 5.82 Å². The monoisotopic (exact) mass is 173 g/mol. The fourth-order valence-corrected chi connectivity index (χ4v) is 1.02. The summed E-state index contributed by atoms with van der Waals surface area (Å²) < 4.78 is 13.2. The number of rotatable bonds is 1. The average molecular weight is 173 g/mol. The first kappa shape index (κ1) is 7.86. The predicted octanol–water partition coefficient (Wildman–Crippen LogP) is 2.08. The van der Waals surface area contributed by atoms with E-state index >= 15 is 0 Å². The van der Waals surface area contributed by atoms with Crippen molar-refractivity contribution in [3.05, 3.63) is 48.5 Å². The molecule has 13 heavy (non-hydrogen) atoms. The van der Waals surface area contributed by atoms with Crippen LogP contribution in [0.3, 0.4) is 0 Å². The Kier molecular flexibility index (Phi) is 2.00. The van der Waals surface area contributed by atoms with E-state index in [2.05, 4.69) is 16.0 Å². The number of nitrogens with zero attached hydrogens (tertiary/aromatic N) is 2. The van der Waals surface area contributed by atoms with Gasteiger partial charge < -0.3 is 0 Å². The van der Waals surface area contributed by atoms with Crippen LogP contribution < -0.4 is 0 Å². The number of aromatic nitrogens is 2. The second-order valence-electron chi connectivity index (χ2n) is 2.47. The summed E-state index contributed by atoms with van der Waals surface area (Å²) in [6, 6.07) is 9.02. The molecule has 0 spiro atoms. The topological polar surface area (TPSA) is 25.8 Å². The summed E-state index contributed by atoms with van der Waals surface area (Å²) in [6.07, 6.45) is 3.14. The van der Waals surface area contributed by atoms with E-state index < -0.39 is 0 Å². The van der Waals surface area contributed by atoms with Gasteiger partial charge in [0.1, 0.15) is 5.82 Å². The van der Waals surface area contributed by atoms with E-state index in [1.54, 1.807) is 30.6 Å². The number of hydrogen-bond acceptors (Lipinski definition) is 2. The van der Waals surface area contributed by atoms with Gasteiger partial charge in [0.2, 0.25) is 0 Å². The highest BCUT2D eigenvalue weighted by molar-refractivity contribution is 5.53. The van der Waals surface area contributed by atoms with Gasteiger partial charge in [0.05, 0.1) is 5.56 Å². The Bertz CT molecular complexity index is 401. The second-order valence-corrected chi connectivity index (χ2v) is 2.47. The van der Waals surface area contributed by atoms with Crippen molar-refractivity contribution in [1.82, 2.24) is 9.97 Å². The molecule has 0 N–H and O–H groups in total. The van der Waals surface area contributed by atoms with E-state index in [1.807, 2.05) is 0 Å². The van der Waals surface area contributed by atoms with Crippen LogP contribution in [0.5, 0.6) is 0 Å². The van der Waals surface area contributed by atoms with Gasteiger partial charge in [-0.25, -0.2) is 14.4 Å². The van der Waals surface area contributed by atoms with E-state index in [-0.39, 0.29) is 5.82 Å². The van der Waals surface area contributed by atoms with Crippen molar-refractivity contribution in [2.45, 2.75) is 0 Å². The first-order chi connectivity index (χ1) is 6.38. The maximum Gasteiger partial charge on any atom is 0.162 e. The van der Waals surface area contributed by atoms with Crippen LogP contribution in [0.15, 0.2) is 36.7 Å². The third-order valence-electron chi connectivity index (χ3n) is 1.59. The van der Waals surface area contributed by atoms with Crippen molar-refractivity contribution in [3.63, 3.8) is 0 Å². The molecule has 2 rings (SSSR count). The van der Waals surface area contributed by atoms with Crippen LogP contribution in [0.2, 0.25) is 0 Å². The second kappa shape index (κ2) is 3.31. The minimum Gasteiger partial charge on any atom is -0.236 e. The van der Waals surface area contributed by atoms with Crippen LogP contribution in [0.4, 0.5) is 4.39 Å². The molecule has 63 valence electrons. The predicted molar refractivity (Wildman–Crippen MR) is 46.3 cm³/mol. The van der Waals surface area contributed by atoms with Gasteiger partial charge in [-0.1, -0.05) is 12.1 Å². The van der Waals surface area contributed by atoms with E-state index in [9.17, 15) is 4.39 Å². The molecule has 1 aromatic carbocycles. The first-order valence-corrected chi connectivity index (χ1v) is 3.81. The summed E-state index contributed by atoms with van der Waals surface area (Å²) in [7, 11) is 0. The fourth-order valence-electron chi connectivity index (χ4n) is 1.02. The molecule has 2 aromatic rings. The minimum atomic E-state index is -0.353. The lowest BCUT2D eigenvalue weighted by Gasteiger charge is -1.98. The lowest BCUT2D eigenvalue weighted by atomic mass is 10.2. The zero-order valence-corrected chi connectivity index (χ0v) is 6.74. The molecule has 0 saturated carbocycles. The first-order valence-electron chi connectivity index (χ1n) is 3.81. The van der Waals surface area contributed by atoms with Crippen molar-refractivity contribution in [2.75, 3.05) is 0 Å². The van der Waals surface area contributed by atoms with Gasteiger partial charge in [-0.3, -0.25) is 0 Å². The molecule has 0 amide bonds. The van der Waals surface area contributed by atoms with E-state index in [1.165, 1.54) is 6.07 Å². The largest absolute Gasteiger partial charge is 0.236 e. The number of halogens is 1. The molecule has 0 aliphatic heterocycles. The molecule has 0 bridgehead atoms. The van der Waals surface area contributed by atoms with Gasteiger partial charge in [0, 0.05) is 12.4 Å². The molecule has 0 aliphatic rings. The van der Waals surface area contributed by atoms with Gasteiger partial charge in [-0.05, 0) is 18.2 Å². The Labute approximate surface area is 75.1 Å². The van der Waals surface area contributed by atoms with Crippen LogP contribution in [0, 0.1) is 11.9 Å². The molecule has 0 saturated heterocycles. The summed E-state index contributed by atoms with van der Waals surface area (Å²) in [4.78, 5) is 7.85. The van der Waals surface area contributed by atoms with Crippen molar-refractivity contribution < 1.29 is 4.39 Å². The Morgan fingerprint density at radius 2 is 1.92 bits per heavy atom. The van der Waals surface area contributed by atoms with Gasteiger partial charge in [-0.15, -0.1) is 0 Å². The van der Waals surface area contributed by atoms with Crippen molar-refractivity contribution >= 4 is 0 Å². The SMILES string of the molecule is Fc1ccc[c]c1-c1ncccn1. The summed E-state index contributed by atoms with van der Waals surface area (Å²) in [6.45, 7) is 0. The molecule has 2 nitrogen and oxygen atoms in total. The lowest BCUT2D eigenvalue weighted by Crippen LogP contribution is -1.89. The smallest absolute Gasteiger partial charge is 0.162 e. The summed E-state index contributed by atoms with van der Waals surface area (Å²) in [5, 5.41) is 0. The molecule has 1 radical (unpaired) electrons. The third-order valence-corrected chi connectivity index (χ3v) is 1.59. The van der Waals surface area contributed by atoms with Crippen LogP contribution in [-0.2, 0) is 0 Å². The standard InChI is InChI=1S/C10H6FN2/c11-9-5-2-1-4-8(9)10-12-6-3-7-13-10/h1-3,5-7H. The normalized spacial score (nSPS) is 9.92. The molecule has 0 aliphatic carbocycles. The van der Waals surface area contributed by atoms with Crippen molar-refractivity contribution in [2.24, 2.45) is 0 Å². The van der Waals surface area contributed by atoms with Gasteiger partial charge >= 0.3 is 0 Å². The number of benzene rings is 1. The summed E-state index contributed by atoms with van der Waals surface area (Å²) in [5.41, 5.74) is 0.308. The molecular formula is C10H6FN2. The van der Waals surface area contributed by atoms with Crippen LogP contribution in [0.1, 0.15) is 0 Å². The van der Waals surface area contributed by atoms with E-state index in [0.717, 1.165) is 0 Å². The average Bonchev–Trinajstić information content (AvgIpc) is 2.20. The fraction of sp³-hybridized carbons (Fsp3) is 0. The zero-order chi connectivity index (χ0) is 9.10. The molecule has 1 aromatic heterocycles. The van der Waals surface area contributed by atoms with Crippen molar-refractivity contribution in [3.8, 4) is 11.4 Å². The Balaban J connectivity index is 2.54. The van der Waals surface area contributed by atoms with Crippen LogP contribution >= 0.6 is 0 Å². The van der Waals surface area contributed by atoms with Crippen LogP contribution in [-0.4, -0.2) is 9.97 Å². The Morgan fingerprint density at radius 1 is 1.15 bits per heavy atom. The third kappa shape index (κ3) is 1.54. The number of hydrogen-bond donors (Lipinski definition) is 0. The van der Waals surface area contributed by atoms with E-state index in [0.29, 0.717) is 11.4 Å². The molecule has 0 fully saturated rings. The highest BCUT2D eigenvalue weighted by atomic mass is 19.1.